The van der Waals surface area contributed by atoms with Crippen molar-refractivity contribution in [3.05, 3.63) is 30.1 Å². The summed E-state index contributed by atoms with van der Waals surface area (Å²) in [7, 11) is 0. The van der Waals surface area contributed by atoms with Crippen molar-refractivity contribution in [1.82, 2.24) is 10.3 Å². The van der Waals surface area contributed by atoms with E-state index in [0.717, 1.165) is 0 Å². The van der Waals surface area contributed by atoms with Crippen molar-refractivity contribution in [3.8, 4) is 0 Å². The molecule has 0 amide bonds. The maximum atomic E-state index is 4.08. The molecule has 0 spiro atoms. The van der Waals surface area contributed by atoms with Crippen LogP contribution in [0.1, 0.15) is 18.5 Å². The van der Waals surface area contributed by atoms with Crippen LogP contribution >= 0.6 is 12.6 Å². The Morgan fingerprint density at radius 1 is 1.73 bits per heavy atom. The monoisotopic (exact) mass is 168 g/mol. The molecule has 1 N–H and O–H groups in total. The number of rotatable bonds is 3. The average molecular weight is 168 g/mol. The van der Waals surface area contributed by atoms with Gasteiger partial charge in [0.25, 0.3) is 0 Å². The van der Waals surface area contributed by atoms with Crippen LogP contribution in [-0.2, 0) is 0 Å². The van der Waals surface area contributed by atoms with Gasteiger partial charge in [0.05, 0.1) is 0 Å². The Labute approximate surface area is 72.5 Å². The molecular formula is C8H12N2S. The lowest BCUT2D eigenvalue weighted by molar-refractivity contribution is 0.638. The van der Waals surface area contributed by atoms with E-state index in [9.17, 15) is 0 Å². The van der Waals surface area contributed by atoms with Gasteiger partial charge in [0.2, 0.25) is 0 Å². The summed E-state index contributed by atoms with van der Waals surface area (Å²) in [6.07, 6.45) is 3.64. The minimum absolute atomic E-state index is 0.334. The minimum Gasteiger partial charge on any atom is -0.301 e. The normalized spacial score (nSPS) is 12.9. The molecular weight excluding hydrogens is 156 g/mol. The summed E-state index contributed by atoms with van der Waals surface area (Å²) < 4.78 is 0. The molecule has 1 unspecified atom stereocenters. The lowest BCUT2D eigenvalue weighted by Gasteiger charge is -2.10. The van der Waals surface area contributed by atoms with Gasteiger partial charge >= 0.3 is 0 Å². The fraction of sp³-hybridized carbons (Fsp3) is 0.375. The third-order valence-electron chi connectivity index (χ3n) is 1.58. The van der Waals surface area contributed by atoms with Gasteiger partial charge in [-0.25, -0.2) is 0 Å². The van der Waals surface area contributed by atoms with E-state index in [1.165, 1.54) is 5.56 Å². The van der Waals surface area contributed by atoms with E-state index in [4.69, 9.17) is 0 Å². The summed E-state index contributed by atoms with van der Waals surface area (Å²) >= 11 is 4.08. The molecule has 0 saturated heterocycles. The highest BCUT2D eigenvalue weighted by molar-refractivity contribution is 7.80. The van der Waals surface area contributed by atoms with Crippen LogP contribution in [0.5, 0.6) is 0 Å². The van der Waals surface area contributed by atoms with Crippen LogP contribution in [0.4, 0.5) is 0 Å². The summed E-state index contributed by atoms with van der Waals surface area (Å²) in [6, 6.07) is 4.32. The molecule has 60 valence electrons. The van der Waals surface area contributed by atoms with Crippen LogP contribution in [0, 0.1) is 0 Å². The number of pyridine rings is 1. The highest BCUT2D eigenvalue weighted by Crippen LogP contribution is 2.08. The Balaban J connectivity index is 2.61. The Kier molecular flexibility index (Phi) is 3.39. The first-order valence-electron chi connectivity index (χ1n) is 3.58. The molecule has 0 aliphatic carbocycles. The van der Waals surface area contributed by atoms with Crippen LogP contribution in [0.2, 0.25) is 0 Å². The maximum Gasteiger partial charge on any atom is 0.0392 e. The molecule has 0 aliphatic heterocycles. The van der Waals surface area contributed by atoms with Gasteiger partial charge in [-0.3, -0.25) is 4.98 Å². The lowest BCUT2D eigenvalue weighted by Crippen LogP contribution is -2.16. The third-order valence-corrected chi connectivity index (χ3v) is 1.76. The van der Waals surface area contributed by atoms with Crippen LogP contribution < -0.4 is 5.32 Å². The number of hydrogen-bond donors (Lipinski definition) is 2. The quantitative estimate of drug-likeness (QED) is 0.529. The fourth-order valence-corrected chi connectivity index (χ4v) is 1.16. The minimum atomic E-state index is 0.334. The van der Waals surface area contributed by atoms with Gasteiger partial charge in [0.15, 0.2) is 0 Å². The van der Waals surface area contributed by atoms with Crippen molar-refractivity contribution in [2.75, 3.05) is 5.88 Å². The van der Waals surface area contributed by atoms with Crippen LogP contribution in [0.15, 0.2) is 24.5 Å². The van der Waals surface area contributed by atoms with Gasteiger partial charge in [-0.05, 0) is 18.6 Å². The summed E-state index contributed by atoms with van der Waals surface area (Å²) in [5, 5.41) is 3.19. The molecule has 0 radical (unpaired) electrons. The SMILES string of the molecule is CC(NCS)c1cccnc1. The molecule has 0 bridgehead atoms. The molecule has 1 rings (SSSR count). The second-order valence-corrected chi connectivity index (χ2v) is 2.69. The van der Waals surface area contributed by atoms with Crippen molar-refractivity contribution in [1.29, 1.82) is 0 Å². The molecule has 1 heterocycles. The molecule has 3 heteroatoms. The molecule has 1 aromatic heterocycles. The molecule has 0 aliphatic rings. The summed E-state index contributed by atoms with van der Waals surface area (Å²) in [4.78, 5) is 4.02. The fourth-order valence-electron chi connectivity index (χ4n) is 0.887. The van der Waals surface area contributed by atoms with E-state index in [-0.39, 0.29) is 0 Å². The van der Waals surface area contributed by atoms with Crippen LogP contribution in [0.3, 0.4) is 0 Å². The molecule has 2 nitrogen and oxygen atoms in total. The van der Waals surface area contributed by atoms with Crippen molar-refractivity contribution >= 4 is 12.6 Å². The second-order valence-electron chi connectivity index (χ2n) is 2.37. The number of nitrogens with one attached hydrogen (secondary N) is 1. The summed E-state index contributed by atoms with van der Waals surface area (Å²) in [5.74, 6) is 0.691. The Bertz CT molecular complexity index is 201. The molecule has 0 saturated carbocycles. The third kappa shape index (κ3) is 2.52. The zero-order valence-corrected chi connectivity index (χ0v) is 7.38. The van der Waals surface area contributed by atoms with Crippen LogP contribution in [-0.4, -0.2) is 10.9 Å². The lowest BCUT2D eigenvalue weighted by atomic mass is 10.1. The van der Waals surface area contributed by atoms with E-state index < -0.39 is 0 Å². The first kappa shape index (κ1) is 8.56. The second kappa shape index (κ2) is 4.36. The van der Waals surface area contributed by atoms with E-state index >= 15 is 0 Å². The topological polar surface area (TPSA) is 24.9 Å². The van der Waals surface area contributed by atoms with Crippen molar-refractivity contribution in [2.45, 2.75) is 13.0 Å². The largest absolute Gasteiger partial charge is 0.301 e. The zero-order valence-electron chi connectivity index (χ0n) is 6.49. The van der Waals surface area contributed by atoms with Crippen molar-refractivity contribution in [2.24, 2.45) is 0 Å². The van der Waals surface area contributed by atoms with Crippen molar-refractivity contribution in [3.63, 3.8) is 0 Å². The summed E-state index contributed by atoms with van der Waals surface area (Å²) in [6.45, 7) is 2.09. The predicted octanol–water partition coefficient (Wildman–Crippen LogP) is 1.62. The Morgan fingerprint density at radius 2 is 2.55 bits per heavy atom. The highest BCUT2D eigenvalue weighted by atomic mass is 32.1. The molecule has 0 fully saturated rings. The number of hydrogen-bond acceptors (Lipinski definition) is 3. The van der Waals surface area contributed by atoms with E-state index in [2.05, 4.69) is 29.9 Å². The predicted molar refractivity (Wildman–Crippen MR) is 49.6 cm³/mol. The van der Waals surface area contributed by atoms with E-state index in [1.807, 2.05) is 18.3 Å². The zero-order chi connectivity index (χ0) is 8.10. The standard InChI is InChI=1S/C8H12N2S/c1-7(10-6-11)8-3-2-4-9-5-8/h2-5,7,10-11H,6H2,1H3. The van der Waals surface area contributed by atoms with Gasteiger partial charge in [0.1, 0.15) is 0 Å². The van der Waals surface area contributed by atoms with Gasteiger partial charge in [-0.1, -0.05) is 6.07 Å². The number of nitrogens with zero attached hydrogens (tertiary/aromatic N) is 1. The number of aromatic nitrogens is 1. The van der Waals surface area contributed by atoms with Gasteiger partial charge in [-0.15, -0.1) is 0 Å². The first-order chi connectivity index (χ1) is 5.34. The van der Waals surface area contributed by atoms with Gasteiger partial charge in [-0.2, -0.15) is 12.6 Å². The van der Waals surface area contributed by atoms with E-state index in [0.29, 0.717) is 11.9 Å². The van der Waals surface area contributed by atoms with E-state index in [1.54, 1.807) is 6.20 Å². The molecule has 0 aromatic carbocycles. The summed E-state index contributed by atoms with van der Waals surface area (Å²) in [5.41, 5.74) is 1.20. The highest BCUT2D eigenvalue weighted by Gasteiger charge is 2.00. The molecule has 1 aromatic rings. The van der Waals surface area contributed by atoms with Gasteiger partial charge in [0, 0.05) is 24.3 Å². The smallest absolute Gasteiger partial charge is 0.0392 e. The van der Waals surface area contributed by atoms with Crippen LogP contribution in [0.25, 0.3) is 0 Å². The van der Waals surface area contributed by atoms with Gasteiger partial charge < -0.3 is 5.32 Å². The molecule has 11 heavy (non-hydrogen) atoms. The maximum absolute atomic E-state index is 4.08. The van der Waals surface area contributed by atoms with Crippen molar-refractivity contribution < 1.29 is 0 Å². The Morgan fingerprint density at radius 3 is 3.09 bits per heavy atom. The Hall–Kier alpha value is -0.540. The average Bonchev–Trinajstić information content (AvgIpc) is 2.07. The first-order valence-corrected chi connectivity index (χ1v) is 4.22. The molecule has 1 atom stereocenters. The number of thiol groups is 1.